The van der Waals surface area contributed by atoms with Crippen LogP contribution in [0.1, 0.15) is 39.5 Å². The number of nitrogens with zero attached hydrogens (tertiary/aromatic N) is 1. The van der Waals surface area contributed by atoms with Crippen LogP contribution < -0.4 is 0 Å². The number of carbonyl (C=O) groups is 1. The van der Waals surface area contributed by atoms with Crippen LogP contribution in [0.3, 0.4) is 0 Å². The van der Waals surface area contributed by atoms with E-state index in [1.807, 2.05) is 6.92 Å². The van der Waals surface area contributed by atoms with Gasteiger partial charge >= 0.3 is 5.97 Å². The quantitative estimate of drug-likeness (QED) is 0.719. The molecule has 0 aliphatic carbocycles. The summed E-state index contributed by atoms with van der Waals surface area (Å²) in [4.78, 5) is 13.9. The Labute approximate surface area is 97.6 Å². The molecule has 0 aromatic carbocycles. The molecule has 1 fully saturated rings. The molecule has 16 heavy (non-hydrogen) atoms. The maximum Gasteiger partial charge on any atom is 0.323 e. The van der Waals surface area contributed by atoms with Crippen molar-refractivity contribution < 1.29 is 14.6 Å². The molecule has 1 heterocycles. The fraction of sp³-hybridized carbons (Fsp3) is 0.917. The summed E-state index contributed by atoms with van der Waals surface area (Å²) in [5.41, 5.74) is 0. The molecule has 2 unspecified atom stereocenters. The minimum absolute atomic E-state index is 0.140. The molecule has 1 saturated heterocycles. The zero-order valence-electron chi connectivity index (χ0n) is 10.3. The lowest BCUT2D eigenvalue weighted by Gasteiger charge is -2.35. The molecule has 1 aliphatic heterocycles. The van der Waals surface area contributed by atoms with Gasteiger partial charge in [-0.2, -0.15) is 0 Å². The van der Waals surface area contributed by atoms with Gasteiger partial charge in [-0.25, -0.2) is 0 Å². The van der Waals surface area contributed by atoms with Gasteiger partial charge < -0.3 is 9.84 Å². The van der Waals surface area contributed by atoms with Gasteiger partial charge in [-0.05, 0) is 32.7 Å². The molecule has 0 bridgehead atoms. The summed E-state index contributed by atoms with van der Waals surface area (Å²) < 4.78 is 5.08. The number of aliphatic hydroxyl groups excluding tert-OH is 1. The number of ether oxygens (including phenoxy) is 1. The molecule has 94 valence electrons. The molecule has 0 saturated carbocycles. The van der Waals surface area contributed by atoms with E-state index in [2.05, 4.69) is 11.8 Å². The van der Waals surface area contributed by atoms with Crippen molar-refractivity contribution in [1.82, 2.24) is 4.90 Å². The Kier molecular flexibility index (Phi) is 5.77. The van der Waals surface area contributed by atoms with Gasteiger partial charge in [0.25, 0.3) is 0 Å². The highest BCUT2D eigenvalue weighted by atomic mass is 16.5. The van der Waals surface area contributed by atoms with E-state index < -0.39 is 0 Å². The van der Waals surface area contributed by atoms with Crippen LogP contribution in [0.2, 0.25) is 0 Å². The highest BCUT2D eigenvalue weighted by Crippen LogP contribution is 2.17. The van der Waals surface area contributed by atoms with Gasteiger partial charge in [0.1, 0.15) is 6.04 Å². The van der Waals surface area contributed by atoms with Crippen molar-refractivity contribution in [2.24, 2.45) is 0 Å². The number of carbonyl (C=O) groups excluding carboxylic acids is 1. The lowest BCUT2D eigenvalue weighted by Crippen LogP contribution is -2.48. The molecule has 0 aromatic rings. The molecule has 0 radical (unpaired) electrons. The van der Waals surface area contributed by atoms with E-state index in [-0.39, 0.29) is 18.1 Å². The van der Waals surface area contributed by atoms with E-state index in [0.29, 0.717) is 13.2 Å². The first-order chi connectivity index (χ1) is 7.69. The smallest absolute Gasteiger partial charge is 0.323 e. The molecule has 4 nitrogen and oxygen atoms in total. The first-order valence-corrected chi connectivity index (χ1v) is 6.27. The SMILES string of the molecule is CCCC(C(=O)OCC)N1CCCC(O)C1. The molecule has 1 N–H and O–H groups in total. The third kappa shape index (κ3) is 3.76. The van der Waals surface area contributed by atoms with Crippen LogP contribution in [0.25, 0.3) is 0 Å². The van der Waals surface area contributed by atoms with Crippen molar-refractivity contribution in [3.63, 3.8) is 0 Å². The highest BCUT2D eigenvalue weighted by molar-refractivity contribution is 5.75. The second-order valence-electron chi connectivity index (χ2n) is 4.35. The zero-order valence-corrected chi connectivity index (χ0v) is 10.3. The summed E-state index contributed by atoms with van der Waals surface area (Å²) >= 11 is 0. The second kappa shape index (κ2) is 6.86. The third-order valence-electron chi connectivity index (χ3n) is 2.99. The molecule has 0 amide bonds. The van der Waals surface area contributed by atoms with Gasteiger partial charge in [0.15, 0.2) is 0 Å². The molecule has 4 heteroatoms. The summed E-state index contributed by atoms with van der Waals surface area (Å²) in [6.07, 6.45) is 3.28. The van der Waals surface area contributed by atoms with Gasteiger partial charge in [0, 0.05) is 6.54 Å². The third-order valence-corrected chi connectivity index (χ3v) is 2.99. The van der Waals surface area contributed by atoms with Crippen LogP contribution in [0.15, 0.2) is 0 Å². The van der Waals surface area contributed by atoms with Crippen LogP contribution in [0.5, 0.6) is 0 Å². The van der Waals surface area contributed by atoms with Crippen LogP contribution in [0, 0.1) is 0 Å². The minimum Gasteiger partial charge on any atom is -0.465 e. The molecule has 1 aliphatic rings. The first-order valence-electron chi connectivity index (χ1n) is 6.27. The second-order valence-corrected chi connectivity index (χ2v) is 4.35. The number of aliphatic hydroxyl groups is 1. The summed E-state index contributed by atoms with van der Waals surface area (Å²) in [6.45, 7) is 5.80. The Hall–Kier alpha value is -0.610. The molecular formula is C12H23NO3. The number of likely N-dealkylation sites (tertiary alicyclic amines) is 1. The van der Waals surface area contributed by atoms with E-state index in [1.54, 1.807) is 0 Å². The molecule has 1 rings (SSSR count). The number of rotatable bonds is 5. The number of β-amino-alcohol motifs (C(OH)–C–C–N with tert-alkyl or cyclic N) is 1. The molecule has 0 spiro atoms. The fourth-order valence-corrected chi connectivity index (χ4v) is 2.23. The standard InChI is InChI=1S/C12H23NO3/c1-3-6-11(12(15)16-4-2)13-8-5-7-10(14)9-13/h10-11,14H,3-9H2,1-2H3. The van der Waals surface area contributed by atoms with Crippen molar-refractivity contribution in [3.05, 3.63) is 0 Å². The Morgan fingerprint density at radius 3 is 2.88 bits per heavy atom. The molecule has 0 aromatic heterocycles. The number of hydrogen-bond acceptors (Lipinski definition) is 4. The van der Waals surface area contributed by atoms with Gasteiger partial charge in [-0.1, -0.05) is 13.3 Å². The van der Waals surface area contributed by atoms with E-state index in [9.17, 15) is 9.90 Å². The number of esters is 1. The number of hydrogen-bond donors (Lipinski definition) is 1. The van der Waals surface area contributed by atoms with Crippen molar-refractivity contribution >= 4 is 5.97 Å². The van der Waals surface area contributed by atoms with Crippen molar-refractivity contribution in [3.8, 4) is 0 Å². The molecule has 2 atom stereocenters. The van der Waals surface area contributed by atoms with Crippen LogP contribution in [-0.4, -0.2) is 47.8 Å². The average Bonchev–Trinajstić information content (AvgIpc) is 2.26. The Morgan fingerprint density at radius 1 is 1.56 bits per heavy atom. The van der Waals surface area contributed by atoms with E-state index in [4.69, 9.17) is 4.74 Å². The van der Waals surface area contributed by atoms with Crippen molar-refractivity contribution in [1.29, 1.82) is 0 Å². The Morgan fingerprint density at radius 2 is 2.31 bits per heavy atom. The average molecular weight is 229 g/mol. The minimum atomic E-state index is -0.289. The van der Waals surface area contributed by atoms with Gasteiger partial charge in [0.2, 0.25) is 0 Å². The summed E-state index contributed by atoms with van der Waals surface area (Å²) in [6, 6.07) is -0.167. The summed E-state index contributed by atoms with van der Waals surface area (Å²) in [5.74, 6) is -0.140. The maximum absolute atomic E-state index is 11.8. The predicted molar refractivity (Wildman–Crippen MR) is 62.1 cm³/mol. The van der Waals surface area contributed by atoms with Gasteiger partial charge in [-0.15, -0.1) is 0 Å². The van der Waals surface area contributed by atoms with Crippen LogP contribution in [-0.2, 0) is 9.53 Å². The van der Waals surface area contributed by atoms with Crippen LogP contribution in [0.4, 0.5) is 0 Å². The fourth-order valence-electron chi connectivity index (χ4n) is 2.23. The highest BCUT2D eigenvalue weighted by Gasteiger charge is 2.29. The Balaban J connectivity index is 2.56. The summed E-state index contributed by atoms with van der Waals surface area (Å²) in [7, 11) is 0. The lowest BCUT2D eigenvalue weighted by atomic mass is 10.0. The zero-order chi connectivity index (χ0) is 12.0. The lowest BCUT2D eigenvalue weighted by molar-refractivity contribution is -0.151. The normalized spacial score (nSPS) is 24.1. The van der Waals surface area contributed by atoms with E-state index in [0.717, 1.165) is 32.2 Å². The van der Waals surface area contributed by atoms with Crippen molar-refractivity contribution in [2.75, 3.05) is 19.7 Å². The maximum atomic E-state index is 11.8. The van der Waals surface area contributed by atoms with E-state index in [1.165, 1.54) is 0 Å². The first kappa shape index (κ1) is 13.5. The monoisotopic (exact) mass is 229 g/mol. The Bertz CT molecular complexity index is 220. The van der Waals surface area contributed by atoms with Gasteiger partial charge in [-0.3, -0.25) is 9.69 Å². The summed E-state index contributed by atoms with van der Waals surface area (Å²) in [5, 5.41) is 9.61. The van der Waals surface area contributed by atoms with Crippen molar-refractivity contribution in [2.45, 2.75) is 51.7 Å². The number of piperidine rings is 1. The predicted octanol–water partition coefficient (Wildman–Crippen LogP) is 1.17. The van der Waals surface area contributed by atoms with E-state index >= 15 is 0 Å². The van der Waals surface area contributed by atoms with Crippen LogP contribution >= 0.6 is 0 Å². The van der Waals surface area contributed by atoms with Gasteiger partial charge in [0.05, 0.1) is 12.7 Å². The molecular weight excluding hydrogens is 206 g/mol. The largest absolute Gasteiger partial charge is 0.465 e. The topological polar surface area (TPSA) is 49.8 Å².